The lowest BCUT2D eigenvalue weighted by molar-refractivity contribution is -0.117. The fourth-order valence-electron chi connectivity index (χ4n) is 2.21. The number of halogens is 1. The summed E-state index contributed by atoms with van der Waals surface area (Å²) in [6.07, 6.45) is 3.90. The van der Waals surface area contributed by atoms with Gasteiger partial charge in [-0.15, -0.1) is 0 Å². The predicted molar refractivity (Wildman–Crippen MR) is 105 cm³/mol. The van der Waals surface area contributed by atoms with Crippen molar-refractivity contribution in [3.05, 3.63) is 51.9 Å². The highest BCUT2D eigenvalue weighted by molar-refractivity contribution is 9.10. The minimum absolute atomic E-state index is 0.0221. The van der Waals surface area contributed by atoms with Crippen LogP contribution in [-0.2, 0) is 11.3 Å². The molecule has 1 amide bonds. The SMILES string of the molecule is CC[C@H](C)Oc1c(Br)cc(/C=C(/C#N)C(=O)NCc2ccco2)cc1OC. The molecular formula is C20H21BrN2O4. The van der Waals surface area contributed by atoms with Crippen molar-refractivity contribution in [1.29, 1.82) is 5.26 Å². The lowest BCUT2D eigenvalue weighted by atomic mass is 10.1. The average molecular weight is 433 g/mol. The molecule has 0 saturated heterocycles. The summed E-state index contributed by atoms with van der Waals surface area (Å²) in [5.41, 5.74) is 0.617. The summed E-state index contributed by atoms with van der Waals surface area (Å²) in [4.78, 5) is 12.3. The molecule has 1 aromatic carbocycles. The van der Waals surface area contributed by atoms with Crippen LogP contribution in [0.4, 0.5) is 0 Å². The van der Waals surface area contributed by atoms with Crippen molar-refractivity contribution in [2.45, 2.75) is 32.9 Å². The Balaban J connectivity index is 2.23. The summed E-state index contributed by atoms with van der Waals surface area (Å²) in [6, 6.07) is 8.90. The standard InChI is InChI=1S/C20H21BrN2O4/c1-4-13(2)27-19-17(21)9-14(10-18(19)25-3)8-15(11-22)20(24)23-12-16-6-5-7-26-16/h5-10,13H,4,12H2,1-3H3,(H,23,24)/b15-8-/t13-/m0/s1. The minimum atomic E-state index is -0.482. The molecule has 142 valence electrons. The van der Waals surface area contributed by atoms with Crippen LogP contribution in [0, 0.1) is 11.3 Å². The maximum atomic E-state index is 12.3. The van der Waals surface area contributed by atoms with E-state index in [1.54, 1.807) is 31.4 Å². The molecular weight excluding hydrogens is 412 g/mol. The first kappa shape index (κ1) is 20.6. The van der Waals surface area contributed by atoms with Gasteiger partial charge in [-0.05, 0) is 65.2 Å². The van der Waals surface area contributed by atoms with Crippen molar-refractivity contribution < 1.29 is 18.7 Å². The van der Waals surface area contributed by atoms with Crippen LogP contribution in [0.15, 0.2) is 45.0 Å². The molecule has 0 radical (unpaired) electrons. The fraction of sp³-hybridized carbons (Fsp3) is 0.300. The van der Waals surface area contributed by atoms with Gasteiger partial charge < -0.3 is 19.2 Å². The Morgan fingerprint density at radius 1 is 1.48 bits per heavy atom. The second-order valence-corrected chi connectivity index (χ2v) is 6.66. The third kappa shape index (κ3) is 5.63. The van der Waals surface area contributed by atoms with E-state index in [2.05, 4.69) is 21.2 Å². The van der Waals surface area contributed by atoms with Gasteiger partial charge in [0, 0.05) is 0 Å². The van der Waals surface area contributed by atoms with Crippen LogP contribution in [-0.4, -0.2) is 19.1 Å². The monoisotopic (exact) mass is 432 g/mol. The van der Waals surface area contributed by atoms with Crippen molar-refractivity contribution >= 4 is 27.9 Å². The summed E-state index contributed by atoms with van der Waals surface area (Å²) < 4.78 is 17.1. The van der Waals surface area contributed by atoms with Crippen LogP contribution in [0.3, 0.4) is 0 Å². The molecule has 0 aliphatic carbocycles. The molecule has 0 saturated carbocycles. The van der Waals surface area contributed by atoms with E-state index in [0.717, 1.165) is 6.42 Å². The van der Waals surface area contributed by atoms with E-state index < -0.39 is 5.91 Å². The lowest BCUT2D eigenvalue weighted by Crippen LogP contribution is -2.23. The van der Waals surface area contributed by atoms with Crippen molar-refractivity contribution in [3.63, 3.8) is 0 Å². The quantitative estimate of drug-likeness (QED) is 0.491. The van der Waals surface area contributed by atoms with Crippen LogP contribution < -0.4 is 14.8 Å². The Morgan fingerprint density at radius 3 is 2.85 bits per heavy atom. The molecule has 7 heteroatoms. The van der Waals surface area contributed by atoms with Crippen LogP contribution >= 0.6 is 15.9 Å². The van der Waals surface area contributed by atoms with Gasteiger partial charge in [-0.1, -0.05) is 6.92 Å². The molecule has 0 bridgehead atoms. The number of methoxy groups -OCH3 is 1. The first-order valence-electron chi connectivity index (χ1n) is 8.45. The van der Waals surface area contributed by atoms with Gasteiger partial charge in [-0.2, -0.15) is 5.26 Å². The van der Waals surface area contributed by atoms with Crippen LogP contribution in [0.1, 0.15) is 31.6 Å². The van der Waals surface area contributed by atoms with Crippen LogP contribution in [0.25, 0.3) is 6.08 Å². The number of nitrogens with zero attached hydrogens (tertiary/aromatic N) is 1. The van der Waals surface area contributed by atoms with Crippen molar-refractivity contribution in [2.75, 3.05) is 7.11 Å². The normalized spacial score (nSPS) is 12.2. The number of carbonyl (C=O) groups is 1. The van der Waals surface area contributed by atoms with E-state index in [1.165, 1.54) is 12.3 Å². The van der Waals surface area contributed by atoms with Gasteiger partial charge in [0.1, 0.15) is 17.4 Å². The summed E-state index contributed by atoms with van der Waals surface area (Å²) in [7, 11) is 1.54. The number of benzene rings is 1. The number of rotatable bonds is 8. The number of hydrogen-bond donors (Lipinski definition) is 1. The summed E-state index contributed by atoms with van der Waals surface area (Å²) >= 11 is 3.47. The number of nitriles is 1. The van der Waals surface area contributed by atoms with Crippen molar-refractivity contribution in [3.8, 4) is 17.6 Å². The molecule has 1 aromatic heterocycles. The van der Waals surface area contributed by atoms with E-state index in [1.807, 2.05) is 19.9 Å². The van der Waals surface area contributed by atoms with Gasteiger partial charge in [0.25, 0.3) is 5.91 Å². The first-order valence-corrected chi connectivity index (χ1v) is 9.24. The van der Waals surface area contributed by atoms with Gasteiger partial charge >= 0.3 is 0 Å². The lowest BCUT2D eigenvalue weighted by Gasteiger charge is -2.17. The smallest absolute Gasteiger partial charge is 0.262 e. The zero-order chi connectivity index (χ0) is 19.8. The first-order chi connectivity index (χ1) is 13.0. The maximum Gasteiger partial charge on any atom is 0.262 e. The highest BCUT2D eigenvalue weighted by Crippen LogP contribution is 2.38. The third-order valence-electron chi connectivity index (χ3n) is 3.83. The molecule has 0 spiro atoms. The average Bonchev–Trinajstić information content (AvgIpc) is 3.19. The molecule has 0 aliphatic heterocycles. The third-order valence-corrected chi connectivity index (χ3v) is 4.41. The van der Waals surface area contributed by atoms with E-state index in [9.17, 15) is 10.1 Å². The Bertz CT molecular complexity index is 854. The Hall–Kier alpha value is -2.72. The number of nitrogens with one attached hydrogen (secondary N) is 1. The minimum Gasteiger partial charge on any atom is -0.493 e. The van der Waals surface area contributed by atoms with Crippen LogP contribution in [0.2, 0.25) is 0 Å². The molecule has 6 nitrogen and oxygen atoms in total. The number of hydrogen-bond acceptors (Lipinski definition) is 5. The number of ether oxygens (including phenoxy) is 2. The van der Waals surface area contributed by atoms with Gasteiger partial charge in [0.15, 0.2) is 11.5 Å². The highest BCUT2D eigenvalue weighted by Gasteiger charge is 2.15. The highest BCUT2D eigenvalue weighted by atomic mass is 79.9. The number of amides is 1. The fourth-order valence-corrected chi connectivity index (χ4v) is 2.77. The molecule has 1 heterocycles. The molecule has 1 N–H and O–H groups in total. The van der Waals surface area contributed by atoms with Crippen molar-refractivity contribution in [2.24, 2.45) is 0 Å². The van der Waals surface area contributed by atoms with E-state index in [4.69, 9.17) is 13.9 Å². The van der Waals surface area contributed by atoms with Gasteiger partial charge in [0.05, 0.1) is 30.5 Å². The Kier molecular flexibility index (Phi) is 7.50. The molecule has 1 atom stereocenters. The summed E-state index contributed by atoms with van der Waals surface area (Å²) in [5.74, 6) is 1.23. The molecule has 27 heavy (non-hydrogen) atoms. The second-order valence-electron chi connectivity index (χ2n) is 5.80. The number of carbonyl (C=O) groups excluding carboxylic acids is 1. The topological polar surface area (TPSA) is 84.5 Å². The molecule has 0 unspecified atom stereocenters. The maximum absolute atomic E-state index is 12.3. The predicted octanol–water partition coefficient (Wildman–Crippen LogP) is 4.45. The zero-order valence-electron chi connectivity index (χ0n) is 15.4. The number of furan rings is 1. The van der Waals surface area contributed by atoms with E-state index in [-0.39, 0.29) is 18.2 Å². The van der Waals surface area contributed by atoms with Crippen LogP contribution in [0.5, 0.6) is 11.5 Å². The summed E-state index contributed by atoms with van der Waals surface area (Å²) in [6.45, 7) is 4.21. The van der Waals surface area contributed by atoms with E-state index in [0.29, 0.717) is 27.3 Å². The molecule has 0 aliphatic rings. The van der Waals surface area contributed by atoms with Gasteiger partial charge in [-0.3, -0.25) is 4.79 Å². The molecule has 0 fully saturated rings. The Labute approximate surface area is 166 Å². The second kappa shape index (κ2) is 9.83. The zero-order valence-corrected chi connectivity index (χ0v) is 17.0. The van der Waals surface area contributed by atoms with Crippen molar-refractivity contribution in [1.82, 2.24) is 5.32 Å². The van der Waals surface area contributed by atoms with Gasteiger partial charge in [-0.25, -0.2) is 0 Å². The largest absolute Gasteiger partial charge is 0.493 e. The summed E-state index contributed by atoms with van der Waals surface area (Å²) in [5, 5.41) is 12.0. The molecule has 2 rings (SSSR count). The van der Waals surface area contributed by atoms with E-state index >= 15 is 0 Å². The molecule has 2 aromatic rings. The van der Waals surface area contributed by atoms with Gasteiger partial charge in [0.2, 0.25) is 0 Å². The Morgan fingerprint density at radius 2 is 2.26 bits per heavy atom.